The van der Waals surface area contributed by atoms with Crippen LogP contribution in [0.5, 0.6) is 0 Å². The molecule has 0 bridgehead atoms. The van der Waals surface area contributed by atoms with Gasteiger partial charge in [-0.05, 0) is 48.9 Å². The van der Waals surface area contributed by atoms with Gasteiger partial charge in [0.05, 0.1) is 5.57 Å². The third kappa shape index (κ3) is 3.68. The van der Waals surface area contributed by atoms with Crippen molar-refractivity contribution in [2.45, 2.75) is 13.5 Å². The van der Waals surface area contributed by atoms with Crippen LogP contribution in [0.2, 0.25) is 0 Å². The van der Waals surface area contributed by atoms with Crippen LogP contribution in [-0.2, 0) is 11.3 Å². The highest BCUT2D eigenvalue weighted by molar-refractivity contribution is 7.12. The van der Waals surface area contributed by atoms with Crippen LogP contribution < -0.4 is 10.6 Å². The van der Waals surface area contributed by atoms with E-state index in [4.69, 9.17) is 0 Å². The van der Waals surface area contributed by atoms with Crippen molar-refractivity contribution < 1.29 is 9.59 Å². The van der Waals surface area contributed by atoms with Crippen LogP contribution in [0.25, 0.3) is 11.6 Å². The Morgan fingerprint density at radius 3 is 2.67 bits per heavy atom. The lowest BCUT2D eigenvalue weighted by molar-refractivity contribution is -0.110. The molecular formula is C22H18N2O2S. The van der Waals surface area contributed by atoms with Gasteiger partial charge in [0.1, 0.15) is 0 Å². The number of amides is 2. The molecule has 2 heterocycles. The van der Waals surface area contributed by atoms with Crippen molar-refractivity contribution in [1.82, 2.24) is 5.32 Å². The van der Waals surface area contributed by atoms with E-state index in [1.807, 2.05) is 55.5 Å². The van der Waals surface area contributed by atoms with Gasteiger partial charge in [0.25, 0.3) is 11.8 Å². The number of nitrogens with one attached hydrogen (secondary N) is 2. The SMILES string of the molecule is Cc1ccc(C=C2C(=O)Nc3ccc(C(=O)NCc4ccccc4)cc32)s1. The van der Waals surface area contributed by atoms with Crippen LogP contribution in [0.15, 0.2) is 60.7 Å². The molecule has 0 radical (unpaired) electrons. The zero-order valence-corrected chi connectivity index (χ0v) is 15.6. The van der Waals surface area contributed by atoms with Crippen molar-refractivity contribution in [2.24, 2.45) is 0 Å². The highest BCUT2D eigenvalue weighted by Gasteiger charge is 2.25. The van der Waals surface area contributed by atoms with Crippen LogP contribution in [-0.4, -0.2) is 11.8 Å². The Morgan fingerprint density at radius 2 is 1.93 bits per heavy atom. The molecule has 4 rings (SSSR count). The van der Waals surface area contributed by atoms with Crippen LogP contribution in [0, 0.1) is 6.92 Å². The molecule has 27 heavy (non-hydrogen) atoms. The van der Waals surface area contributed by atoms with E-state index in [9.17, 15) is 9.59 Å². The zero-order chi connectivity index (χ0) is 18.8. The standard InChI is InChI=1S/C22H18N2O2S/c1-14-7-9-17(27-14)12-19-18-11-16(8-10-20(18)24-22(19)26)21(25)23-13-15-5-3-2-4-6-15/h2-12H,13H2,1H3,(H,23,25)(H,24,26). The molecule has 2 amide bonds. The Kier molecular flexibility index (Phi) is 4.60. The number of aryl methyl sites for hydroxylation is 1. The van der Waals surface area contributed by atoms with E-state index in [1.165, 1.54) is 4.88 Å². The lowest BCUT2D eigenvalue weighted by Crippen LogP contribution is -2.22. The molecule has 0 unspecified atom stereocenters. The van der Waals surface area contributed by atoms with Gasteiger partial charge < -0.3 is 10.6 Å². The number of carbonyl (C=O) groups is 2. The summed E-state index contributed by atoms with van der Waals surface area (Å²) >= 11 is 1.63. The third-order valence-electron chi connectivity index (χ3n) is 4.41. The molecule has 0 fully saturated rings. The summed E-state index contributed by atoms with van der Waals surface area (Å²) in [5.74, 6) is -0.301. The molecule has 0 saturated heterocycles. The molecule has 3 aromatic rings. The van der Waals surface area contributed by atoms with Gasteiger partial charge in [-0.15, -0.1) is 11.3 Å². The Hall–Kier alpha value is -3.18. The van der Waals surface area contributed by atoms with E-state index in [0.717, 1.165) is 21.7 Å². The molecule has 1 aliphatic rings. The molecule has 1 aromatic heterocycles. The average Bonchev–Trinajstić information content (AvgIpc) is 3.23. The molecule has 0 spiro atoms. The molecule has 4 nitrogen and oxygen atoms in total. The molecule has 0 saturated carbocycles. The van der Waals surface area contributed by atoms with Gasteiger partial charge in [-0.25, -0.2) is 0 Å². The summed E-state index contributed by atoms with van der Waals surface area (Å²) in [6.07, 6.45) is 1.88. The van der Waals surface area contributed by atoms with Crippen molar-refractivity contribution in [1.29, 1.82) is 0 Å². The fourth-order valence-corrected chi connectivity index (χ4v) is 3.85. The van der Waals surface area contributed by atoms with Gasteiger partial charge >= 0.3 is 0 Å². The minimum Gasteiger partial charge on any atom is -0.348 e. The zero-order valence-electron chi connectivity index (χ0n) is 14.8. The number of hydrogen-bond acceptors (Lipinski definition) is 3. The highest BCUT2D eigenvalue weighted by atomic mass is 32.1. The lowest BCUT2D eigenvalue weighted by Gasteiger charge is -2.07. The lowest BCUT2D eigenvalue weighted by atomic mass is 10.0. The third-order valence-corrected chi connectivity index (χ3v) is 5.36. The Balaban J connectivity index is 1.58. The van der Waals surface area contributed by atoms with Gasteiger partial charge in [-0.3, -0.25) is 9.59 Å². The van der Waals surface area contributed by atoms with Gasteiger partial charge in [0.15, 0.2) is 0 Å². The van der Waals surface area contributed by atoms with Crippen molar-refractivity contribution in [3.8, 4) is 0 Å². The van der Waals surface area contributed by atoms with Gasteiger partial charge in [-0.1, -0.05) is 30.3 Å². The van der Waals surface area contributed by atoms with Crippen LogP contribution in [0.4, 0.5) is 5.69 Å². The second kappa shape index (κ2) is 7.21. The van der Waals surface area contributed by atoms with E-state index in [1.54, 1.807) is 29.5 Å². The summed E-state index contributed by atoms with van der Waals surface area (Å²) in [7, 11) is 0. The molecule has 2 N–H and O–H groups in total. The predicted octanol–water partition coefficient (Wildman–Crippen LogP) is 4.48. The van der Waals surface area contributed by atoms with Crippen LogP contribution in [0.1, 0.15) is 31.2 Å². The first-order valence-electron chi connectivity index (χ1n) is 8.66. The number of rotatable bonds is 4. The van der Waals surface area contributed by atoms with E-state index < -0.39 is 0 Å². The minimum atomic E-state index is -0.160. The molecule has 1 aliphatic heterocycles. The first kappa shape index (κ1) is 17.2. The van der Waals surface area contributed by atoms with Crippen molar-refractivity contribution in [2.75, 3.05) is 5.32 Å². The summed E-state index contributed by atoms with van der Waals surface area (Å²) in [6, 6.07) is 19.1. The Labute approximate surface area is 161 Å². The Bertz CT molecular complexity index is 1050. The van der Waals surface area contributed by atoms with E-state index in [2.05, 4.69) is 10.6 Å². The highest BCUT2D eigenvalue weighted by Crippen LogP contribution is 2.34. The number of anilines is 1. The average molecular weight is 374 g/mol. The van der Waals surface area contributed by atoms with Gasteiger partial charge in [0.2, 0.25) is 0 Å². The first-order chi connectivity index (χ1) is 13.1. The fourth-order valence-electron chi connectivity index (χ4n) is 3.03. The maximum atomic E-state index is 12.5. The second-order valence-corrected chi connectivity index (χ2v) is 7.71. The van der Waals surface area contributed by atoms with E-state index in [0.29, 0.717) is 17.7 Å². The van der Waals surface area contributed by atoms with Crippen molar-refractivity contribution in [3.63, 3.8) is 0 Å². The predicted molar refractivity (Wildman–Crippen MR) is 110 cm³/mol. The number of benzene rings is 2. The molecule has 5 heteroatoms. The molecule has 2 aromatic carbocycles. The summed E-state index contributed by atoms with van der Waals surface area (Å²) in [5.41, 5.74) is 3.66. The summed E-state index contributed by atoms with van der Waals surface area (Å²) in [4.78, 5) is 27.1. The second-order valence-electron chi connectivity index (χ2n) is 6.39. The van der Waals surface area contributed by atoms with Crippen LogP contribution >= 0.6 is 11.3 Å². The number of thiophene rings is 1. The van der Waals surface area contributed by atoms with Gasteiger partial charge in [0, 0.05) is 33.1 Å². The maximum absolute atomic E-state index is 12.5. The molecule has 134 valence electrons. The smallest absolute Gasteiger partial charge is 0.256 e. The molecular weight excluding hydrogens is 356 g/mol. The number of fused-ring (bicyclic) bond motifs is 1. The quantitative estimate of drug-likeness (QED) is 0.662. The first-order valence-corrected chi connectivity index (χ1v) is 9.48. The van der Waals surface area contributed by atoms with Crippen LogP contribution in [0.3, 0.4) is 0 Å². The summed E-state index contributed by atoms with van der Waals surface area (Å²) in [6.45, 7) is 2.50. The molecule has 0 aliphatic carbocycles. The summed E-state index contributed by atoms with van der Waals surface area (Å²) < 4.78 is 0. The van der Waals surface area contributed by atoms with Crippen molar-refractivity contribution in [3.05, 3.63) is 87.1 Å². The summed E-state index contributed by atoms with van der Waals surface area (Å²) in [5, 5.41) is 5.79. The monoisotopic (exact) mass is 374 g/mol. The van der Waals surface area contributed by atoms with Crippen molar-refractivity contribution >= 4 is 40.5 Å². The largest absolute Gasteiger partial charge is 0.348 e. The fraction of sp³-hybridized carbons (Fsp3) is 0.0909. The topological polar surface area (TPSA) is 58.2 Å². The van der Waals surface area contributed by atoms with E-state index in [-0.39, 0.29) is 11.8 Å². The Morgan fingerprint density at radius 1 is 1.11 bits per heavy atom. The molecule has 0 atom stereocenters. The number of hydrogen-bond donors (Lipinski definition) is 2. The van der Waals surface area contributed by atoms with E-state index >= 15 is 0 Å². The number of carbonyl (C=O) groups excluding carboxylic acids is 2. The minimum absolute atomic E-state index is 0.141. The normalized spacial score (nSPS) is 14.1. The van der Waals surface area contributed by atoms with Gasteiger partial charge in [-0.2, -0.15) is 0 Å². The maximum Gasteiger partial charge on any atom is 0.256 e.